The number of ether oxygens (including phenoxy) is 2. The summed E-state index contributed by atoms with van der Waals surface area (Å²) in [7, 11) is 2.54. The molecule has 3 atom stereocenters. The van der Waals surface area contributed by atoms with Crippen molar-refractivity contribution in [1.29, 1.82) is 0 Å². The highest BCUT2D eigenvalue weighted by molar-refractivity contribution is 5.89. The number of nitrogens with zero attached hydrogens (tertiary/aromatic N) is 2. The molecule has 10 nitrogen and oxygen atoms in total. The van der Waals surface area contributed by atoms with Crippen LogP contribution in [-0.4, -0.2) is 53.8 Å². The van der Waals surface area contributed by atoms with E-state index < -0.39 is 29.0 Å². The van der Waals surface area contributed by atoms with Crippen LogP contribution >= 0.6 is 0 Å². The number of aromatic hydroxyl groups is 1. The lowest BCUT2D eigenvalue weighted by Gasteiger charge is -2.42. The topological polar surface area (TPSA) is 128 Å². The van der Waals surface area contributed by atoms with E-state index in [2.05, 4.69) is 4.90 Å². The van der Waals surface area contributed by atoms with Gasteiger partial charge in [0.15, 0.2) is 5.76 Å². The molecule has 1 fully saturated rings. The van der Waals surface area contributed by atoms with Crippen LogP contribution in [0.4, 0.5) is 0 Å². The fourth-order valence-corrected chi connectivity index (χ4v) is 5.80. The molecule has 0 spiro atoms. The summed E-state index contributed by atoms with van der Waals surface area (Å²) in [5, 5.41) is 10.7. The zero-order chi connectivity index (χ0) is 27.7. The largest absolute Gasteiger partial charge is 0.502 e. The van der Waals surface area contributed by atoms with Crippen LogP contribution in [0.1, 0.15) is 57.8 Å². The molecule has 0 aliphatic carbocycles. The molecule has 5 rings (SSSR count). The Balaban J connectivity index is 1.44. The first-order chi connectivity index (χ1) is 18.8. The van der Waals surface area contributed by atoms with Gasteiger partial charge in [0.05, 0.1) is 38.7 Å². The van der Waals surface area contributed by atoms with Crippen LogP contribution in [0.5, 0.6) is 5.75 Å². The van der Waals surface area contributed by atoms with E-state index in [1.54, 1.807) is 36.4 Å². The number of fused-ring (bicyclic) bond motifs is 4. The normalized spacial score (nSPS) is 19.1. The lowest BCUT2D eigenvalue weighted by molar-refractivity contribution is -0.140. The van der Waals surface area contributed by atoms with E-state index in [0.717, 1.165) is 18.7 Å². The van der Waals surface area contributed by atoms with Crippen molar-refractivity contribution in [3.8, 4) is 5.75 Å². The van der Waals surface area contributed by atoms with Gasteiger partial charge in [-0.15, -0.1) is 0 Å². The number of methoxy groups -OCH3 is 2. The summed E-state index contributed by atoms with van der Waals surface area (Å²) in [5.41, 5.74) is 1.29. The first-order valence-electron chi connectivity index (χ1n) is 12.8. The van der Waals surface area contributed by atoms with E-state index in [1.807, 2.05) is 10.6 Å². The molecule has 2 aliphatic heterocycles. The van der Waals surface area contributed by atoms with Gasteiger partial charge in [-0.25, -0.2) is 4.79 Å². The Kier molecular flexibility index (Phi) is 7.38. The quantitative estimate of drug-likeness (QED) is 0.455. The number of likely N-dealkylation sites (tertiary alicyclic amines) is 1. The van der Waals surface area contributed by atoms with Crippen LogP contribution in [0.3, 0.4) is 0 Å². The van der Waals surface area contributed by atoms with Crippen molar-refractivity contribution in [3.05, 3.63) is 97.4 Å². The van der Waals surface area contributed by atoms with Crippen LogP contribution in [0, 0.1) is 5.92 Å². The van der Waals surface area contributed by atoms with Gasteiger partial charge < -0.3 is 23.6 Å². The minimum Gasteiger partial charge on any atom is -0.502 e. The van der Waals surface area contributed by atoms with Gasteiger partial charge in [-0.1, -0.05) is 18.2 Å². The minimum absolute atomic E-state index is 0.0149. The SMILES string of the molecule is COC(=O)C[C@@H](c1ccc(C(=O)OC)cc1)c1oc(CN2C[C@H]3C[C@@H](C2)c2cccc(=O)n2C3)cc(=O)c1O. The zero-order valence-electron chi connectivity index (χ0n) is 21.8. The van der Waals surface area contributed by atoms with Crippen molar-refractivity contribution in [1.82, 2.24) is 9.47 Å². The standard InChI is InChI=1S/C29H30N2O8/c1-37-26(34)12-22(18-6-8-19(9-7-18)29(36)38-2)28-27(35)24(32)11-21(39-28)16-30-13-17-10-20(15-30)23-4-3-5-25(33)31(23)14-17/h3-9,11,17,20,22,35H,10,12-16H2,1-2H3/t17-,20+,22+/m1/s1. The number of esters is 2. The second kappa shape index (κ2) is 10.9. The molecule has 2 aromatic heterocycles. The number of hydrogen-bond acceptors (Lipinski definition) is 9. The van der Waals surface area contributed by atoms with Crippen molar-refractivity contribution in [3.63, 3.8) is 0 Å². The maximum Gasteiger partial charge on any atom is 0.337 e. The highest BCUT2D eigenvalue weighted by Gasteiger charge is 2.35. The number of hydrogen-bond donors (Lipinski definition) is 1. The number of benzene rings is 1. The average Bonchev–Trinajstić information content (AvgIpc) is 2.94. The lowest BCUT2D eigenvalue weighted by atomic mass is 9.83. The van der Waals surface area contributed by atoms with Gasteiger partial charge in [0.1, 0.15) is 5.76 Å². The Morgan fingerprint density at radius 1 is 1.05 bits per heavy atom. The molecule has 10 heteroatoms. The Morgan fingerprint density at radius 2 is 1.82 bits per heavy atom. The number of aromatic nitrogens is 1. The maximum absolute atomic E-state index is 12.8. The summed E-state index contributed by atoms with van der Waals surface area (Å²) in [5.74, 6) is -1.66. The van der Waals surface area contributed by atoms with Gasteiger partial charge in [-0.2, -0.15) is 0 Å². The number of pyridine rings is 1. The molecule has 1 N–H and O–H groups in total. The van der Waals surface area contributed by atoms with E-state index >= 15 is 0 Å². The predicted molar refractivity (Wildman–Crippen MR) is 140 cm³/mol. The fraction of sp³-hybridized carbons (Fsp3) is 0.379. The summed E-state index contributed by atoms with van der Waals surface area (Å²) in [6.45, 7) is 2.41. The van der Waals surface area contributed by atoms with Gasteiger partial charge in [0.2, 0.25) is 11.2 Å². The van der Waals surface area contributed by atoms with Gasteiger partial charge in [0.25, 0.3) is 5.56 Å². The number of carbonyl (C=O) groups excluding carboxylic acids is 2. The summed E-state index contributed by atoms with van der Waals surface area (Å²) < 4.78 is 17.6. The molecule has 0 saturated carbocycles. The van der Waals surface area contributed by atoms with E-state index in [0.29, 0.717) is 42.4 Å². The van der Waals surface area contributed by atoms with Gasteiger partial charge in [0, 0.05) is 43.4 Å². The third-order valence-corrected chi connectivity index (χ3v) is 7.58. The van der Waals surface area contributed by atoms with Crippen LogP contribution in [-0.2, 0) is 27.4 Å². The van der Waals surface area contributed by atoms with E-state index in [9.17, 15) is 24.3 Å². The van der Waals surface area contributed by atoms with Crippen molar-refractivity contribution < 1.29 is 28.6 Å². The molecule has 39 heavy (non-hydrogen) atoms. The molecular formula is C29H30N2O8. The fourth-order valence-electron chi connectivity index (χ4n) is 5.80. The number of carbonyl (C=O) groups is 2. The van der Waals surface area contributed by atoms with Crippen molar-refractivity contribution >= 4 is 11.9 Å². The summed E-state index contributed by atoms with van der Waals surface area (Å²) >= 11 is 0. The molecule has 1 saturated heterocycles. The zero-order valence-corrected chi connectivity index (χ0v) is 21.8. The number of rotatable bonds is 7. The highest BCUT2D eigenvalue weighted by Crippen LogP contribution is 2.37. The van der Waals surface area contributed by atoms with Gasteiger partial charge >= 0.3 is 11.9 Å². The lowest BCUT2D eigenvalue weighted by Crippen LogP contribution is -2.46. The van der Waals surface area contributed by atoms with Crippen LogP contribution in [0.15, 0.2) is 62.5 Å². The molecule has 3 aromatic rings. The molecule has 0 unspecified atom stereocenters. The molecule has 2 bridgehead atoms. The van der Waals surface area contributed by atoms with Gasteiger partial charge in [-0.3, -0.25) is 19.3 Å². The van der Waals surface area contributed by atoms with E-state index in [1.165, 1.54) is 20.3 Å². The van der Waals surface area contributed by atoms with Crippen molar-refractivity contribution in [2.45, 2.75) is 37.8 Å². The molecule has 1 aromatic carbocycles. The van der Waals surface area contributed by atoms with Crippen molar-refractivity contribution in [2.75, 3.05) is 27.3 Å². The molecule has 0 amide bonds. The van der Waals surface area contributed by atoms with Crippen LogP contribution < -0.4 is 11.0 Å². The summed E-state index contributed by atoms with van der Waals surface area (Å²) in [6.07, 6.45) is 0.806. The molecule has 0 radical (unpaired) electrons. The monoisotopic (exact) mass is 534 g/mol. The van der Waals surface area contributed by atoms with E-state index in [-0.39, 0.29) is 23.7 Å². The average molecular weight is 535 g/mol. The first-order valence-corrected chi connectivity index (χ1v) is 12.8. The Morgan fingerprint density at radius 3 is 2.54 bits per heavy atom. The second-order valence-electron chi connectivity index (χ2n) is 10.1. The Hall–Kier alpha value is -4.18. The maximum atomic E-state index is 12.8. The second-order valence-corrected chi connectivity index (χ2v) is 10.1. The van der Waals surface area contributed by atoms with Crippen LogP contribution in [0.25, 0.3) is 0 Å². The van der Waals surface area contributed by atoms with Crippen LogP contribution in [0.2, 0.25) is 0 Å². The first kappa shape index (κ1) is 26.4. The third kappa shape index (κ3) is 5.37. The Bertz CT molecular complexity index is 1510. The predicted octanol–water partition coefficient (Wildman–Crippen LogP) is 2.61. The smallest absolute Gasteiger partial charge is 0.337 e. The highest BCUT2D eigenvalue weighted by atomic mass is 16.5. The summed E-state index contributed by atoms with van der Waals surface area (Å²) in [6, 6.07) is 13.0. The van der Waals surface area contributed by atoms with Crippen molar-refractivity contribution in [2.24, 2.45) is 5.92 Å². The van der Waals surface area contributed by atoms with E-state index in [4.69, 9.17) is 13.9 Å². The van der Waals surface area contributed by atoms with Gasteiger partial charge in [-0.05, 0) is 36.1 Å². The third-order valence-electron chi connectivity index (χ3n) is 7.58. The summed E-state index contributed by atoms with van der Waals surface area (Å²) in [4.78, 5) is 51.5. The minimum atomic E-state index is -0.823. The molecule has 204 valence electrons. The molecule has 4 heterocycles. The molecular weight excluding hydrogens is 504 g/mol. The Labute approximate surface area is 224 Å². The molecule has 2 aliphatic rings. The number of piperidine rings is 1.